The number of aromatic amines is 4. The molecule has 0 unspecified atom stereocenters. The van der Waals surface area contributed by atoms with Crippen LogP contribution in [0.3, 0.4) is 0 Å². The quantitative estimate of drug-likeness (QED) is 0.0898. The van der Waals surface area contributed by atoms with Crippen molar-refractivity contribution in [1.82, 2.24) is 60.5 Å². The van der Waals surface area contributed by atoms with Gasteiger partial charge in [-0.15, -0.1) is 0 Å². The lowest BCUT2D eigenvalue weighted by atomic mass is 9.93. The molecule has 8 aromatic carbocycles. The van der Waals surface area contributed by atoms with Crippen LogP contribution in [0.5, 0.6) is 0 Å². The van der Waals surface area contributed by atoms with Crippen molar-refractivity contribution in [2.75, 3.05) is 0 Å². The fourth-order valence-corrected chi connectivity index (χ4v) is 16.0. The Morgan fingerprint density at radius 3 is 0.907 bits per heavy atom. The van der Waals surface area contributed by atoms with Gasteiger partial charge in [0.1, 0.15) is 46.3 Å². The molecule has 16 aromatic rings. The summed E-state index contributed by atoms with van der Waals surface area (Å²) in [7, 11) is 0. The Morgan fingerprint density at radius 1 is 0.269 bits per heavy atom. The number of H-pyrrole nitrogens is 4. The number of fused-ring (bicyclic) bond motifs is 4. The van der Waals surface area contributed by atoms with Gasteiger partial charge < -0.3 is 38.0 Å². The lowest BCUT2D eigenvalue weighted by molar-refractivity contribution is 0.393. The predicted molar refractivity (Wildman–Crippen MR) is 432 cm³/mol. The van der Waals surface area contributed by atoms with Crippen LogP contribution in [0.1, 0.15) is 189 Å². The first-order chi connectivity index (χ1) is 52.0. The van der Waals surface area contributed by atoms with E-state index in [1.165, 1.54) is 135 Å². The van der Waals surface area contributed by atoms with Gasteiger partial charge >= 0.3 is 0 Å². The maximum absolute atomic E-state index is 5.44. The molecule has 0 aliphatic heterocycles. The van der Waals surface area contributed by atoms with Gasteiger partial charge in [-0.2, -0.15) is 0 Å². The molecule has 8 heterocycles. The van der Waals surface area contributed by atoms with Crippen LogP contribution in [0, 0.1) is 111 Å². The number of nitrogens with one attached hydrogen (secondary N) is 4. The third-order valence-corrected chi connectivity index (χ3v) is 22.7. The van der Waals surface area contributed by atoms with Gasteiger partial charge in [-0.05, 0) is 289 Å². The second-order valence-electron chi connectivity index (χ2n) is 31.2. The Morgan fingerprint density at radius 2 is 0.574 bits per heavy atom. The van der Waals surface area contributed by atoms with Crippen LogP contribution in [-0.2, 0) is 0 Å². The molecule has 0 radical (unpaired) electrons. The highest BCUT2D eigenvalue weighted by Crippen LogP contribution is 2.48. The van der Waals surface area contributed by atoms with Gasteiger partial charge in [0.25, 0.3) is 0 Å². The maximum Gasteiger partial charge on any atom is 0.141 e. The first kappa shape index (κ1) is 69.5. The molecule has 0 spiro atoms. The fraction of sp³-hybridized carbons (Fsp3) is 0.304. The second kappa shape index (κ2) is 27.4. The van der Waals surface area contributed by atoms with Crippen molar-refractivity contribution in [3.05, 3.63) is 235 Å². The highest BCUT2D eigenvalue weighted by molar-refractivity contribution is 6.01. The van der Waals surface area contributed by atoms with Gasteiger partial charge in [0.15, 0.2) is 0 Å². The average Bonchev–Trinajstić information content (AvgIpc) is 1.69. The summed E-state index contributed by atoms with van der Waals surface area (Å²) in [5.74, 6) is 10.2. The molecule has 4 fully saturated rings. The molecule has 16 nitrogen and oxygen atoms in total. The van der Waals surface area contributed by atoms with Gasteiger partial charge in [0.2, 0.25) is 0 Å². The Kier molecular flexibility index (Phi) is 17.6. The Bertz CT molecular complexity index is 6090. The number of hydrogen-bond acceptors (Lipinski definition) is 12. The van der Waals surface area contributed by atoms with Crippen LogP contribution in [0.25, 0.3) is 133 Å². The maximum atomic E-state index is 5.44. The normalized spacial score (nSPS) is 14.2. The molecule has 8 aromatic heterocycles. The van der Waals surface area contributed by atoms with Crippen LogP contribution in [-0.4, -0.2) is 60.5 Å². The average molecular weight is 1430 g/mol. The Hall–Kier alpha value is -11.5. The smallest absolute Gasteiger partial charge is 0.141 e. The van der Waals surface area contributed by atoms with E-state index in [1.807, 2.05) is 55.4 Å². The molecule has 4 saturated carbocycles. The molecule has 16 heteroatoms. The summed E-state index contributed by atoms with van der Waals surface area (Å²) >= 11 is 0. The minimum absolute atomic E-state index is 0.587. The van der Waals surface area contributed by atoms with Gasteiger partial charge in [-0.3, -0.25) is 0 Å². The number of aryl methyl sites for hydroxylation is 14. The fourth-order valence-electron chi connectivity index (χ4n) is 16.0. The summed E-state index contributed by atoms with van der Waals surface area (Å²) in [5.41, 5.74) is 40.9. The molecule has 0 bridgehead atoms. The van der Waals surface area contributed by atoms with Crippen LogP contribution in [0.15, 0.2) is 139 Å². The summed E-state index contributed by atoms with van der Waals surface area (Å²) in [6.45, 7) is 33.2. The van der Waals surface area contributed by atoms with E-state index in [0.29, 0.717) is 23.7 Å². The highest BCUT2D eigenvalue weighted by Gasteiger charge is 2.33. The van der Waals surface area contributed by atoms with E-state index < -0.39 is 0 Å². The van der Waals surface area contributed by atoms with Gasteiger partial charge in [-0.1, -0.05) is 105 Å². The van der Waals surface area contributed by atoms with Crippen molar-refractivity contribution in [2.24, 2.45) is 0 Å². The standard InChI is InChI=1S/C24H25N3O.2C23H23N3O.C22H21N3O/c1-12-8-18(9-13(2)14(12)3)20-10-19(22-15(4)27-28-16(22)5)11-21-23(20)26-24(25-21)17-6-7-17;1-12-7-13(2)9-17(8-12)19-10-18(21-14(3)26-27-15(21)4)11-20-22(19)25-23(24-20)16-5-6-16;1-12-6-5-7-18(13(12)2)19-10-17(21-14(3)26-27-15(21)4)11-20-22(19)25-23(24-20)16-8-9-16;1-12-6-4-5-7-17(12)18-10-16(20-13(2)25-26-14(20)3)11-19-21(18)24-22(23-19)15-8-9-15/h8-11,17H,6-7H2,1-5H3,(H,25,26);7-11,16H,5-6H2,1-4H3,(H,24,25);5-7,10-11,16H,8-9H2,1-4H3,(H,24,25);4-7,10-11,15H,8-9H2,1-3H3,(H,23,24). The molecule has 0 saturated heterocycles. The highest BCUT2D eigenvalue weighted by atomic mass is 16.5. The number of benzene rings is 8. The van der Waals surface area contributed by atoms with Crippen LogP contribution in [0.4, 0.5) is 0 Å². The lowest BCUT2D eigenvalue weighted by Gasteiger charge is -2.12. The van der Waals surface area contributed by atoms with Crippen LogP contribution >= 0.6 is 0 Å². The number of hydrogen-bond donors (Lipinski definition) is 4. The molecule has 0 atom stereocenters. The number of rotatable bonds is 12. The van der Waals surface area contributed by atoms with E-state index in [-0.39, 0.29) is 0 Å². The van der Waals surface area contributed by atoms with Gasteiger partial charge in [0.05, 0.1) is 66.9 Å². The SMILES string of the molecule is Cc1cc(-c2cc(-c3c(C)noc3C)cc3[nH]c(C4CC4)nc23)cc(C)c1C.Cc1cc(C)cc(-c2cc(-c3c(C)noc3C)cc3[nH]c(C4CC4)nc23)c1.Cc1cccc(-c2cc(-c3c(C)noc3C)cc3[nH]c(C4CC4)nc23)c1C.Cc1ccccc1-c1cc(-c2c(C)noc2C)cc2[nH]c(C3CC3)nc12. The minimum Gasteiger partial charge on any atom is -0.361 e. The van der Waals surface area contributed by atoms with E-state index in [9.17, 15) is 0 Å². The van der Waals surface area contributed by atoms with E-state index in [4.69, 9.17) is 38.0 Å². The van der Waals surface area contributed by atoms with E-state index in [1.54, 1.807) is 0 Å². The molecule has 108 heavy (non-hydrogen) atoms. The second-order valence-corrected chi connectivity index (χ2v) is 31.2. The van der Waals surface area contributed by atoms with E-state index in [0.717, 1.165) is 163 Å². The third kappa shape index (κ3) is 13.3. The predicted octanol–water partition coefficient (Wildman–Crippen LogP) is 24.0. The molecule has 4 N–H and O–H groups in total. The molecule has 0 amide bonds. The molecular weight excluding hydrogens is 1340 g/mol. The Balaban J connectivity index is 0.000000105. The molecular formula is C92H92N12O4. The minimum atomic E-state index is 0.587. The zero-order chi connectivity index (χ0) is 74.8. The first-order valence-corrected chi connectivity index (χ1v) is 38.2. The van der Waals surface area contributed by atoms with Crippen molar-refractivity contribution >= 4 is 44.1 Å². The van der Waals surface area contributed by atoms with Crippen molar-refractivity contribution in [1.29, 1.82) is 0 Å². The zero-order valence-electron chi connectivity index (χ0n) is 64.7. The number of nitrogens with zero attached hydrogens (tertiary/aromatic N) is 8. The molecule has 4 aliphatic rings. The van der Waals surface area contributed by atoms with Gasteiger partial charge in [0, 0.05) is 68.2 Å². The number of imidazole rings is 4. The lowest BCUT2D eigenvalue weighted by Crippen LogP contribution is -1.91. The van der Waals surface area contributed by atoms with Crippen LogP contribution < -0.4 is 0 Å². The summed E-state index contributed by atoms with van der Waals surface area (Å²) in [6.07, 6.45) is 9.85. The third-order valence-electron chi connectivity index (χ3n) is 22.7. The molecule has 544 valence electrons. The number of aromatic nitrogens is 12. The van der Waals surface area contributed by atoms with E-state index >= 15 is 0 Å². The molecule has 4 aliphatic carbocycles. The topological polar surface area (TPSA) is 219 Å². The van der Waals surface area contributed by atoms with Crippen molar-refractivity contribution in [3.63, 3.8) is 0 Å². The summed E-state index contributed by atoms with van der Waals surface area (Å²) in [5, 5.41) is 16.6. The van der Waals surface area contributed by atoms with Crippen molar-refractivity contribution in [3.8, 4) is 89.0 Å². The first-order valence-electron chi connectivity index (χ1n) is 38.2. The van der Waals surface area contributed by atoms with Crippen molar-refractivity contribution < 1.29 is 18.1 Å². The molecule has 20 rings (SSSR count). The zero-order valence-corrected chi connectivity index (χ0v) is 64.7. The van der Waals surface area contributed by atoms with E-state index in [2.05, 4.69) is 217 Å². The largest absolute Gasteiger partial charge is 0.361 e. The van der Waals surface area contributed by atoms with Gasteiger partial charge in [-0.25, -0.2) is 19.9 Å². The van der Waals surface area contributed by atoms with Crippen molar-refractivity contribution in [2.45, 2.75) is 186 Å². The van der Waals surface area contributed by atoms with Crippen LogP contribution in [0.2, 0.25) is 0 Å². The summed E-state index contributed by atoms with van der Waals surface area (Å²) in [4.78, 5) is 34.3. The monoisotopic (exact) mass is 1430 g/mol. The summed E-state index contributed by atoms with van der Waals surface area (Å²) in [6, 6.07) is 43.9. The Labute approximate surface area is 629 Å². The summed E-state index contributed by atoms with van der Waals surface area (Å²) < 4.78 is 21.7.